The maximum absolute atomic E-state index is 12.7. The van der Waals surface area contributed by atoms with Gasteiger partial charge in [0.1, 0.15) is 0 Å². The molecule has 3 rings (SSSR count). The van der Waals surface area contributed by atoms with Gasteiger partial charge >= 0.3 is 0 Å². The van der Waals surface area contributed by atoms with E-state index in [0.717, 1.165) is 22.2 Å². The highest BCUT2D eigenvalue weighted by molar-refractivity contribution is 6.07. The van der Waals surface area contributed by atoms with Crippen LogP contribution in [0.1, 0.15) is 17.3 Å². The second kappa shape index (κ2) is 7.23. The number of carbonyl (C=O) groups excluding carboxylic acids is 1. The Balaban J connectivity index is 2.06. The monoisotopic (exact) mass is 320 g/mol. The van der Waals surface area contributed by atoms with Crippen LogP contribution in [-0.2, 0) is 4.74 Å². The fourth-order valence-electron chi connectivity index (χ4n) is 2.71. The summed E-state index contributed by atoms with van der Waals surface area (Å²) in [4.78, 5) is 17.4. The van der Waals surface area contributed by atoms with Crippen LogP contribution in [-0.4, -0.2) is 30.6 Å². The summed E-state index contributed by atoms with van der Waals surface area (Å²) in [5.74, 6) is -0.115. The summed E-state index contributed by atoms with van der Waals surface area (Å²) >= 11 is 0. The summed E-state index contributed by atoms with van der Waals surface area (Å²) in [6.45, 7) is 2.39. The first-order valence-corrected chi connectivity index (χ1v) is 7.94. The largest absolute Gasteiger partial charge is 0.383 e. The Morgan fingerprint density at radius 2 is 1.83 bits per heavy atom. The first-order chi connectivity index (χ1) is 11.7. The number of fused-ring (bicyclic) bond motifs is 1. The molecule has 1 amide bonds. The molecule has 122 valence electrons. The molecule has 24 heavy (non-hydrogen) atoms. The summed E-state index contributed by atoms with van der Waals surface area (Å²) < 4.78 is 5.09. The molecule has 1 atom stereocenters. The molecule has 4 nitrogen and oxygen atoms in total. The Hall–Kier alpha value is -2.72. The molecule has 0 saturated carbocycles. The lowest BCUT2D eigenvalue weighted by molar-refractivity contribution is 0.0907. The third-order valence-corrected chi connectivity index (χ3v) is 3.82. The number of ether oxygens (including phenoxy) is 1. The molecule has 0 aliphatic rings. The Labute approximate surface area is 141 Å². The van der Waals surface area contributed by atoms with Gasteiger partial charge in [-0.05, 0) is 19.1 Å². The van der Waals surface area contributed by atoms with Crippen LogP contribution in [0, 0.1) is 0 Å². The van der Waals surface area contributed by atoms with Crippen molar-refractivity contribution in [2.75, 3.05) is 13.7 Å². The fraction of sp³-hybridized carbons (Fsp3) is 0.200. The van der Waals surface area contributed by atoms with E-state index in [0.29, 0.717) is 12.2 Å². The van der Waals surface area contributed by atoms with Crippen LogP contribution >= 0.6 is 0 Å². The quantitative estimate of drug-likeness (QED) is 0.780. The number of aromatic nitrogens is 1. The van der Waals surface area contributed by atoms with E-state index >= 15 is 0 Å². The van der Waals surface area contributed by atoms with Gasteiger partial charge in [0, 0.05) is 24.1 Å². The summed E-state index contributed by atoms with van der Waals surface area (Å²) in [6, 6.07) is 19.4. The standard InChI is InChI=1S/C20H20N2O2/c1-14(13-24-2)21-20(23)17-12-19(15-8-4-3-5-9-15)22-18-11-7-6-10-16(17)18/h3-12,14H,13H2,1-2H3,(H,21,23)/t14-/m1/s1. The van der Waals surface area contributed by atoms with Crippen molar-refractivity contribution in [2.24, 2.45) is 0 Å². The lowest BCUT2D eigenvalue weighted by atomic mass is 10.0. The minimum Gasteiger partial charge on any atom is -0.383 e. The van der Waals surface area contributed by atoms with Crippen molar-refractivity contribution in [2.45, 2.75) is 13.0 Å². The number of pyridine rings is 1. The number of hydrogen-bond acceptors (Lipinski definition) is 3. The van der Waals surface area contributed by atoms with E-state index in [4.69, 9.17) is 9.72 Å². The van der Waals surface area contributed by atoms with Crippen molar-refractivity contribution in [3.63, 3.8) is 0 Å². The smallest absolute Gasteiger partial charge is 0.252 e. The van der Waals surface area contributed by atoms with Gasteiger partial charge in [-0.15, -0.1) is 0 Å². The van der Waals surface area contributed by atoms with Crippen molar-refractivity contribution in [1.29, 1.82) is 0 Å². The maximum atomic E-state index is 12.7. The third kappa shape index (κ3) is 3.44. The second-order valence-corrected chi connectivity index (χ2v) is 5.77. The third-order valence-electron chi connectivity index (χ3n) is 3.82. The van der Waals surface area contributed by atoms with Gasteiger partial charge < -0.3 is 10.1 Å². The summed E-state index contributed by atoms with van der Waals surface area (Å²) in [7, 11) is 1.62. The maximum Gasteiger partial charge on any atom is 0.252 e. The van der Waals surface area contributed by atoms with Gasteiger partial charge in [-0.3, -0.25) is 4.79 Å². The predicted octanol–water partition coefficient (Wildman–Crippen LogP) is 3.67. The van der Waals surface area contributed by atoms with Crippen LogP contribution in [0.3, 0.4) is 0 Å². The molecule has 0 spiro atoms. The molecule has 3 aromatic rings. The number of carbonyl (C=O) groups is 1. The Kier molecular flexibility index (Phi) is 4.87. The number of amides is 1. The summed E-state index contributed by atoms with van der Waals surface area (Å²) in [5.41, 5.74) is 3.21. The zero-order valence-electron chi connectivity index (χ0n) is 13.8. The van der Waals surface area contributed by atoms with Crippen LogP contribution in [0.25, 0.3) is 22.2 Å². The number of rotatable bonds is 5. The van der Waals surface area contributed by atoms with Crippen LogP contribution in [0.2, 0.25) is 0 Å². The van der Waals surface area contributed by atoms with Crippen molar-refractivity contribution >= 4 is 16.8 Å². The SMILES string of the molecule is COC[C@@H](C)NC(=O)c1cc(-c2ccccc2)nc2ccccc12. The number of methoxy groups -OCH3 is 1. The highest BCUT2D eigenvalue weighted by atomic mass is 16.5. The molecule has 2 aromatic carbocycles. The van der Waals surface area contributed by atoms with Gasteiger partial charge in [-0.25, -0.2) is 4.98 Å². The summed E-state index contributed by atoms with van der Waals surface area (Å²) in [6.07, 6.45) is 0. The van der Waals surface area contributed by atoms with E-state index in [1.807, 2.05) is 67.6 Å². The van der Waals surface area contributed by atoms with E-state index in [1.54, 1.807) is 7.11 Å². The first kappa shape index (κ1) is 16.1. The van der Waals surface area contributed by atoms with E-state index in [2.05, 4.69) is 5.32 Å². The average Bonchev–Trinajstić information content (AvgIpc) is 2.61. The zero-order valence-corrected chi connectivity index (χ0v) is 13.8. The van der Waals surface area contributed by atoms with Crippen molar-refractivity contribution < 1.29 is 9.53 Å². The molecule has 0 saturated heterocycles. The molecule has 1 N–H and O–H groups in total. The Morgan fingerprint density at radius 1 is 1.12 bits per heavy atom. The number of hydrogen-bond donors (Lipinski definition) is 1. The number of nitrogens with zero attached hydrogens (tertiary/aromatic N) is 1. The topological polar surface area (TPSA) is 51.2 Å². The summed E-state index contributed by atoms with van der Waals surface area (Å²) in [5, 5.41) is 3.82. The van der Waals surface area contributed by atoms with Gasteiger partial charge in [-0.2, -0.15) is 0 Å². The molecule has 4 heteroatoms. The molecule has 0 aliphatic heterocycles. The molecular formula is C20H20N2O2. The zero-order chi connectivity index (χ0) is 16.9. The van der Waals surface area contributed by atoms with E-state index in [1.165, 1.54) is 0 Å². The number of nitrogens with one attached hydrogen (secondary N) is 1. The van der Waals surface area contributed by atoms with Gasteiger partial charge in [0.2, 0.25) is 0 Å². The average molecular weight is 320 g/mol. The van der Waals surface area contributed by atoms with Gasteiger partial charge in [0.05, 0.1) is 23.4 Å². The minimum atomic E-state index is -0.115. The highest BCUT2D eigenvalue weighted by Crippen LogP contribution is 2.24. The lowest BCUT2D eigenvalue weighted by Crippen LogP contribution is -2.35. The molecule has 0 unspecified atom stereocenters. The van der Waals surface area contributed by atoms with Gasteiger partial charge in [0.25, 0.3) is 5.91 Å². The molecule has 0 radical (unpaired) electrons. The van der Waals surface area contributed by atoms with Crippen LogP contribution < -0.4 is 5.32 Å². The predicted molar refractivity (Wildman–Crippen MR) is 96.0 cm³/mol. The lowest BCUT2D eigenvalue weighted by Gasteiger charge is -2.15. The Morgan fingerprint density at radius 3 is 2.58 bits per heavy atom. The van der Waals surface area contributed by atoms with E-state index < -0.39 is 0 Å². The highest BCUT2D eigenvalue weighted by Gasteiger charge is 2.15. The van der Waals surface area contributed by atoms with Crippen LogP contribution in [0.4, 0.5) is 0 Å². The molecule has 1 heterocycles. The second-order valence-electron chi connectivity index (χ2n) is 5.77. The van der Waals surface area contributed by atoms with E-state index in [9.17, 15) is 4.79 Å². The van der Waals surface area contributed by atoms with E-state index in [-0.39, 0.29) is 11.9 Å². The van der Waals surface area contributed by atoms with Crippen molar-refractivity contribution in [3.05, 3.63) is 66.2 Å². The van der Waals surface area contributed by atoms with Crippen molar-refractivity contribution in [3.8, 4) is 11.3 Å². The van der Waals surface area contributed by atoms with Crippen LogP contribution in [0.15, 0.2) is 60.7 Å². The number of para-hydroxylation sites is 1. The molecule has 1 aromatic heterocycles. The fourth-order valence-corrected chi connectivity index (χ4v) is 2.71. The van der Waals surface area contributed by atoms with Gasteiger partial charge in [0.15, 0.2) is 0 Å². The molecular weight excluding hydrogens is 300 g/mol. The minimum absolute atomic E-state index is 0.0606. The normalized spacial score (nSPS) is 12.1. The Bertz CT molecular complexity index is 847. The molecule has 0 fully saturated rings. The first-order valence-electron chi connectivity index (χ1n) is 7.94. The van der Waals surface area contributed by atoms with Crippen molar-refractivity contribution in [1.82, 2.24) is 10.3 Å². The molecule has 0 aliphatic carbocycles. The van der Waals surface area contributed by atoms with Gasteiger partial charge in [-0.1, -0.05) is 48.5 Å². The number of benzene rings is 2. The van der Waals surface area contributed by atoms with Crippen LogP contribution in [0.5, 0.6) is 0 Å². The molecule has 0 bridgehead atoms.